The maximum absolute atomic E-state index is 13.5. The third kappa shape index (κ3) is 2.52. The van der Waals surface area contributed by atoms with E-state index in [1.807, 2.05) is 18.9 Å². The van der Waals surface area contributed by atoms with E-state index in [2.05, 4.69) is 0 Å². The van der Waals surface area contributed by atoms with Crippen molar-refractivity contribution < 1.29 is 8.78 Å². The van der Waals surface area contributed by atoms with Gasteiger partial charge in [0.05, 0.1) is 0 Å². The Bertz CT molecular complexity index is 328. The third-order valence-electron chi connectivity index (χ3n) is 2.59. The second kappa shape index (κ2) is 5.19. The van der Waals surface area contributed by atoms with Crippen LogP contribution in [0.25, 0.3) is 0 Å². The van der Waals surface area contributed by atoms with E-state index >= 15 is 0 Å². The first-order valence-corrected chi connectivity index (χ1v) is 4.96. The van der Waals surface area contributed by atoms with E-state index < -0.39 is 11.6 Å². The summed E-state index contributed by atoms with van der Waals surface area (Å²) in [4.78, 5) is 1.89. The Balaban J connectivity index is 3.07. The Kier molecular flexibility index (Phi) is 4.17. The fraction of sp³-hybridized carbons (Fsp3) is 0.455. The monoisotopic (exact) mass is 214 g/mol. The summed E-state index contributed by atoms with van der Waals surface area (Å²) in [5, 5.41) is 0. The van der Waals surface area contributed by atoms with Crippen LogP contribution in [0, 0.1) is 11.6 Å². The molecule has 0 aliphatic heterocycles. The molecule has 2 N–H and O–H groups in total. The fourth-order valence-corrected chi connectivity index (χ4v) is 1.54. The summed E-state index contributed by atoms with van der Waals surface area (Å²) in [6.45, 7) is 2.95. The first-order chi connectivity index (χ1) is 7.11. The molecule has 0 radical (unpaired) electrons. The molecule has 0 spiro atoms. The van der Waals surface area contributed by atoms with Gasteiger partial charge in [0, 0.05) is 18.2 Å². The van der Waals surface area contributed by atoms with Crippen LogP contribution in [0.1, 0.15) is 18.5 Å². The van der Waals surface area contributed by atoms with E-state index in [9.17, 15) is 8.78 Å². The molecule has 0 aromatic heterocycles. The van der Waals surface area contributed by atoms with Crippen LogP contribution >= 0.6 is 0 Å². The van der Waals surface area contributed by atoms with Crippen LogP contribution in [-0.2, 0) is 0 Å². The minimum Gasteiger partial charge on any atom is -0.329 e. The van der Waals surface area contributed by atoms with E-state index in [1.54, 1.807) is 6.07 Å². The molecule has 0 aliphatic carbocycles. The molecule has 1 unspecified atom stereocenters. The van der Waals surface area contributed by atoms with E-state index in [1.165, 1.54) is 6.07 Å². The van der Waals surface area contributed by atoms with E-state index in [-0.39, 0.29) is 12.6 Å². The highest BCUT2D eigenvalue weighted by Gasteiger charge is 2.19. The lowest BCUT2D eigenvalue weighted by Gasteiger charge is -2.26. The Labute approximate surface area is 88.7 Å². The van der Waals surface area contributed by atoms with Crippen molar-refractivity contribution in [2.24, 2.45) is 5.73 Å². The Morgan fingerprint density at radius 1 is 1.40 bits per heavy atom. The second-order valence-corrected chi connectivity index (χ2v) is 3.47. The summed E-state index contributed by atoms with van der Waals surface area (Å²) < 4.78 is 26.5. The number of rotatable bonds is 4. The molecule has 0 amide bonds. The first-order valence-electron chi connectivity index (χ1n) is 4.96. The first kappa shape index (κ1) is 12.1. The van der Waals surface area contributed by atoms with Crippen molar-refractivity contribution in [2.75, 3.05) is 20.1 Å². The topological polar surface area (TPSA) is 29.3 Å². The summed E-state index contributed by atoms with van der Waals surface area (Å²) in [5.41, 5.74) is 5.89. The van der Waals surface area contributed by atoms with Gasteiger partial charge in [0.15, 0.2) is 11.6 Å². The highest BCUT2D eigenvalue weighted by Crippen LogP contribution is 2.22. The normalized spacial score (nSPS) is 13.2. The number of nitrogens with zero attached hydrogens (tertiary/aromatic N) is 1. The molecule has 1 aromatic rings. The van der Waals surface area contributed by atoms with E-state index in [4.69, 9.17) is 5.73 Å². The fourth-order valence-electron chi connectivity index (χ4n) is 1.54. The predicted molar refractivity (Wildman–Crippen MR) is 56.5 cm³/mol. The number of benzene rings is 1. The lowest BCUT2D eigenvalue weighted by Crippen LogP contribution is -2.31. The summed E-state index contributed by atoms with van der Waals surface area (Å²) in [6.07, 6.45) is 0. The van der Waals surface area contributed by atoms with Crippen LogP contribution in [0.15, 0.2) is 18.2 Å². The van der Waals surface area contributed by atoms with Crippen LogP contribution in [0.4, 0.5) is 8.78 Å². The van der Waals surface area contributed by atoms with Crippen LogP contribution < -0.4 is 5.73 Å². The zero-order valence-electron chi connectivity index (χ0n) is 9.00. The highest BCUT2D eigenvalue weighted by molar-refractivity contribution is 5.22. The van der Waals surface area contributed by atoms with Crippen LogP contribution in [0.3, 0.4) is 0 Å². The van der Waals surface area contributed by atoms with Gasteiger partial charge in [-0.15, -0.1) is 0 Å². The molecule has 2 nitrogen and oxygen atoms in total. The molecule has 15 heavy (non-hydrogen) atoms. The summed E-state index contributed by atoms with van der Waals surface area (Å²) in [6, 6.07) is 3.91. The lowest BCUT2D eigenvalue weighted by atomic mass is 10.0. The highest BCUT2D eigenvalue weighted by atomic mass is 19.2. The van der Waals surface area contributed by atoms with E-state index in [0.29, 0.717) is 5.56 Å². The average molecular weight is 214 g/mol. The van der Waals surface area contributed by atoms with Crippen molar-refractivity contribution in [3.63, 3.8) is 0 Å². The molecule has 1 atom stereocenters. The standard InChI is InChI=1S/C11H16F2N2/c1-3-15(2)10(7-14)8-5-4-6-9(12)11(8)13/h4-6,10H,3,7,14H2,1-2H3. The van der Waals surface area contributed by atoms with Gasteiger partial charge >= 0.3 is 0 Å². The van der Waals surface area contributed by atoms with Gasteiger partial charge in [0.2, 0.25) is 0 Å². The van der Waals surface area contributed by atoms with Crippen LogP contribution in [0.5, 0.6) is 0 Å². The SMILES string of the molecule is CCN(C)C(CN)c1cccc(F)c1F. The van der Waals surface area contributed by atoms with Gasteiger partial charge < -0.3 is 5.73 Å². The smallest absolute Gasteiger partial charge is 0.163 e. The Morgan fingerprint density at radius 2 is 2.07 bits per heavy atom. The van der Waals surface area contributed by atoms with Crippen molar-refractivity contribution in [3.8, 4) is 0 Å². The number of likely N-dealkylation sites (N-methyl/N-ethyl adjacent to an activating group) is 1. The summed E-state index contributed by atoms with van der Waals surface area (Å²) in [5.74, 6) is -1.62. The van der Waals surface area contributed by atoms with Crippen molar-refractivity contribution in [2.45, 2.75) is 13.0 Å². The zero-order valence-corrected chi connectivity index (χ0v) is 9.00. The minimum atomic E-state index is -0.824. The molecule has 0 saturated carbocycles. The van der Waals surface area contributed by atoms with Crippen LogP contribution in [0.2, 0.25) is 0 Å². The molecule has 0 aliphatic rings. The third-order valence-corrected chi connectivity index (χ3v) is 2.59. The van der Waals surface area contributed by atoms with Crippen molar-refractivity contribution in [1.29, 1.82) is 0 Å². The zero-order chi connectivity index (χ0) is 11.4. The molecular weight excluding hydrogens is 198 g/mol. The maximum Gasteiger partial charge on any atom is 0.163 e. The Morgan fingerprint density at radius 3 is 2.60 bits per heavy atom. The molecule has 84 valence electrons. The molecule has 4 heteroatoms. The largest absolute Gasteiger partial charge is 0.329 e. The van der Waals surface area contributed by atoms with Gasteiger partial charge in [0.1, 0.15) is 0 Å². The van der Waals surface area contributed by atoms with Gasteiger partial charge in [-0.2, -0.15) is 0 Å². The van der Waals surface area contributed by atoms with Crippen molar-refractivity contribution in [3.05, 3.63) is 35.4 Å². The van der Waals surface area contributed by atoms with Crippen LogP contribution in [-0.4, -0.2) is 25.0 Å². The molecule has 1 aromatic carbocycles. The van der Waals surface area contributed by atoms with Gasteiger partial charge in [-0.1, -0.05) is 19.1 Å². The van der Waals surface area contributed by atoms with Crippen molar-refractivity contribution >= 4 is 0 Å². The quantitative estimate of drug-likeness (QED) is 0.829. The lowest BCUT2D eigenvalue weighted by molar-refractivity contribution is 0.256. The van der Waals surface area contributed by atoms with E-state index in [0.717, 1.165) is 12.6 Å². The number of nitrogens with two attached hydrogens (primary N) is 1. The summed E-state index contributed by atoms with van der Waals surface area (Å²) in [7, 11) is 1.84. The van der Waals surface area contributed by atoms with Gasteiger partial charge in [-0.05, 0) is 19.7 Å². The maximum atomic E-state index is 13.5. The summed E-state index contributed by atoms with van der Waals surface area (Å²) >= 11 is 0. The second-order valence-electron chi connectivity index (χ2n) is 3.47. The molecular formula is C11H16F2N2. The van der Waals surface area contributed by atoms with Gasteiger partial charge in [-0.3, -0.25) is 4.90 Å². The molecule has 0 fully saturated rings. The van der Waals surface area contributed by atoms with Crippen molar-refractivity contribution in [1.82, 2.24) is 4.90 Å². The number of hydrogen-bond acceptors (Lipinski definition) is 2. The minimum absolute atomic E-state index is 0.269. The molecule has 1 rings (SSSR count). The predicted octanol–water partition coefficient (Wildman–Crippen LogP) is 1.92. The Hall–Kier alpha value is -1.00. The molecule has 0 heterocycles. The number of halogens is 2. The average Bonchev–Trinajstić information content (AvgIpc) is 2.24. The molecule has 0 bridgehead atoms. The van der Waals surface area contributed by atoms with Gasteiger partial charge in [0.25, 0.3) is 0 Å². The van der Waals surface area contributed by atoms with Gasteiger partial charge in [-0.25, -0.2) is 8.78 Å². The molecule has 0 saturated heterocycles. The number of hydrogen-bond donors (Lipinski definition) is 1.